The Balaban J connectivity index is 2.95. The monoisotopic (exact) mass is 192 g/mol. The Morgan fingerprint density at radius 3 is 2.57 bits per heavy atom. The van der Waals surface area contributed by atoms with Crippen molar-refractivity contribution in [3.05, 3.63) is 42.2 Å². The minimum absolute atomic E-state index is 0.174. The van der Waals surface area contributed by atoms with Gasteiger partial charge in [0.2, 0.25) is 0 Å². The SMILES string of the molecule is CCOC=C(C(=O)O)c1ccccc1. The number of carboxylic acids is 1. The molecular formula is C11H12O3. The van der Waals surface area contributed by atoms with E-state index >= 15 is 0 Å². The van der Waals surface area contributed by atoms with E-state index in [4.69, 9.17) is 9.84 Å². The van der Waals surface area contributed by atoms with Gasteiger partial charge in [0, 0.05) is 0 Å². The van der Waals surface area contributed by atoms with Gasteiger partial charge in [-0.2, -0.15) is 0 Å². The molecule has 0 spiro atoms. The van der Waals surface area contributed by atoms with Crippen LogP contribution in [0.2, 0.25) is 0 Å². The van der Waals surface area contributed by atoms with Crippen molar-refractivity contribution in [1.29, 1.82) is 0 Å². The standard InChI is InChI=1S/C11H12O3/c1-2-14-8-10(11(12)13)9-6-4-3-5-7-9/h3-8H,2H2,1H3,(H,12,13). The Morgan fingerprint density at radius 1 is 1.43 bits per heavy atom. The maximum absolute atomic E-state index is 10.9. The zero-order chi connectivity index (χ0) is 10.4. The van der Waals surface area contributed by atoms with Crippen molar-refractivity contribution in [1.82, 2.24) is 0 Å². The van der Waals surface area contributed by atoms with E-state index in [2.05, 4.69) is 0 Å². The predicted molar refractivity (Wildman–Crippen MR) is 53.7 cm³/mol. The fourth-order valence-electron chi connectivity index (χ4n) is 1.03. The van der Waals surface area contributed by atoms with Gasteiger partial charge in [-0.05, 0) is 12.5 Å². The Bertz CT molecular complexity index is 328. The molecule has 3 heteroatoms. The fraction of sp³-hybridized carbons (Fsp3) is 0.182. The summed E-state index contributed by atoms with van der Waals surface area (Å²) in [5.74, 6) is -0.982. The molecule has 3 nitrogen and oxygen atoms in total. The molecule has 0 saturated carbocycles. The number of aliphatic carboxylic acids is 1. The molecule has 0 aliphatic carbocycles. The van der Waals surface area contributed by atoms with Crippen LogP contribution in [0.4, 0.5) is 0 Å². The lowest BCUT2D eigenvalue weighted by molar-refractivity contribution is -0.130. The summed E-state index contributed by atoms with van der Waals surface area (Å²) in [5, 5.41) is 8.91. The second kappa shape index (κ2) is 5.07. The van der Waals surface area contributed by atoms with Gasteiger partial charge in [0.05, 0.1) is 12.9 Å². The summed E-state index contributed by atoms with van der Waals surface area (Å²) < 4.78 is 4.97. The molecule has 1 N–H and O–H groups in total. The fourth-order valence-corrected chi connectivity index (χ4v) is 1.03. The topological polar surface area (TPSA) is 46.5 Å². The molecule has 0 unspecified atom stereocenters. The molecule has 0 fully saturated rings. The van der Waals surface area contributed by atoms with Crippen molar-refractivity contribution in [3.63, 3.8) is 0 Å². The smallest absolute Gasteiger partial charge is 0.339 e. The van der Waals surface area contributed by atoms with Crippen LogP contribution in [0.5, 0.6) is 0 Å². The molecule has 0 aliphatic heterocycles. The number of carboxylic acid groups (broad SMARTS) is 1. The maximum Gasteiger partial charge on any atom is 0.339 e. The van der Waals surface area contributed by atoms with Crippen LogP contribution < -0.4 is 0 Å². The molecule has 0 radical (unpaired) electrons. The lowest BCUT2D eigenvalue weighted by Gasteiger charge is -2.02. The van der Waals surface area contributed by atoms with E-state index in [-0.39, 0.29) is 5.57 Å². The highest BCUT2D eigenvalue weighted by Crippen LogP contribution is 2.13. The van der Waals surface area contributed by atoms with Crippen molar-refractivity contribution in [2.75, 3.05) is 6.61 Å². The number of hydrogen-bond donors (Lipinski definition) is 1. The zero-order valence-electron chi connectivity index (χ0n) is 7.93. The van der Waals surface area contributed by atoms with Gasteiger partial charge in [0.25, 0.3) is 0 Å². The van der Waals surface area contributed by atoms with Gasteiger partial charge in [0.15, 0.2) is 0 Å². The number of benzene rings is 1. The van der Waals surface area contributed by atoms with E-state index in [1.807, 2.05) is 6.07 Å². The molecule has 74 valence electrons. The highest BCUT2D eigenvalue weighted by atomic mass is 16.5. The Labute approximate surface area is 82.6 Å². The molecule has 1 rings (SSSR count). The number of ether oxygens (including phenoxy) is 1. The first kappa shape index (κ1) is 10.3. The first-order chi connectivity index (χ1) is 6.75. The molecule has 0 saturated heterocycles. The highest BCUT2D eigenvalue weighted by Gasteiger charge is 2.09. The van der Waals surface area contributed by atoms with Gasteiger partial charge in [-0.3, -0.25) is 0 Å². The molecular weight excluding hydrogens is 180 g/mol. The molecule has 14 heavy (non-hydrogen) atoms. The normalized spacial score (nSPS) is 11.1. The number of hydrogen-bond acceptors (Lipinski definition) is 2. The van der Waals surface area contributed by atoms with Crippen molar-refractivity contribution >= 4 is 11.5 Å². The molecule has 0 aromatic heterocycles. The van der Waals surface area contributed by atoms with Crippen LogP contribution in [0.15, 0.2) is 36.6 Å². The molecule has 1 aromatic carbocycles. The molecule has 0 aliphatic rings. The Morgan fingerprint density at radius 2 is 2.07 bits per heavy atom. The van der Waals surface area contributed by atoms with Crippen LogP contribution in [0, 0.1) is 0 Å². The van der Waals surface area contributed by atoms with E-state index in [0.29, 0.717) is 12.2 Å². The third-order valence-corrected chi connectivity index (χ3v) is 1.68. The van der Waals surface area contributed by atoms with Gasteiger partial charge >= 0.3 is 5.97 Å². The van der Waals surface area contributed by atoms with Crippen molar-refractivity contribution in [2.24, 2.45) is 0 Å². The van der Waals surface area contributed by atoms with Gasteiger partial charge < -0.3 is 9.84 Å². The van der Waals surface area contributed by atoms with Gasteiger partial charge in [-0.25, -0.2) is 4.79 Å². The summed E-state index contributed by atoms with van der Waals surface area (Å²) in [6.07, 6.45) is 1.28. The summed E-state index contributed by atoms with van der Waals surface area (Å²) in [7, 11) is 0. The minimum Gasteiger partial charge on any atom is -0.501 e. The summed E-state index contributed by atoms with van der Waals surface area (Å²) in [6.45, 7) is 2.27. The number of rotatable bonds is 4. The van der Waals surface area contributed by atoms with Gasteiger partial charge in [-0.15, -0.1) is 0 Å². The van der Waals surface area contributed by atoms with Gasteiger partial charge in [-0.1, -0.05) is 30.3 Å². The van der Waals surface area contributed by atoms with E-state index < -0.39 is 5.97 Å². The third-order valence-electron chi connectivity index (χ3n) is 1.68. The van der Waals surface area contributed by atoms with E-state index in [1.165, 1.54) is 6.26 Å². The molecule has 0 atom stereocenters. The molecule has 0 heterocycles. The van der Waals surface area contributed by atoms with Gasteiger partial charge in [0.1, 0.15) is 5.57 Å². The molecule has 1 aromatic rings. The first-order valence-electron chi connectivity index (χ1n) is 4.36. The first-order valence-corrected chi connectivity index (χ1v) is 4.36. The second-order valence-electron chi connectivity index (χ2n) is 2.66. The van der Waals surface area contributed by atoms with Crippen LogP contribution in [0.25, 0.3) is 5.57 Å². The van der Waals surface area contributed by atoms with E-state index in [1.54, 1.807) is 31.2 Å². The zero-order valence-corrected chi connectivity index (χ0v) is 7.93. The Hall–Kier alpha value is -1.77. The van der Waals surface area contributed by atoms with E-state index in [0.717, 1.165) is 0 Å². The second-order valence-corrected chi connectivity index (χ2v) is 2.66. The number of carbonyl (C=O) groups is 1. The summed E-state index contributed by atoms with van der Waals surface area (Å²) in [4.78, 5) is 10.9. The average molecular weight is 192 g/mol. The largest absolute Gasteiger partial charge is 0.501 e. The van der Waals surface area contributed by atoms with Crippen LogP contribution in [0.1, 0.15) is 12.5 Å². The van der Waals surface area contributed by atoms with E-state index in [9.17, 15) is 4.79 Å². The average Bonchev–Trinajstić information content (AvgIpc) is 2.19. The summed E-state index contributed by atoms with van der Waals surface area (Å²) in [5.41, 5.74) is 0.820. The van der Waals surface area contributed by atoms with Crippen LogP contribution in [-0.2, 0) is 9.53 Å². The predicted octanol–water partition coefficient (Wildman–Crippen LogP) is 2.15. The molecule has 0 bridgehead atoms. The molecule has 0 amide bonds. The summed E-state index contributed by atoms with van der Waals surface area (Å²) in [6, 6.07) is 8.89. The minimum atomic E-state index is -0.982. The third kappa shape index (κ3) is 2.62. The van der Waals surface area contributed by atoms with Crippen LogP contribution >= 0.6 is 0 Å². The summed E-state index contributed by atoms with van der Waals surface area (Å²) >= 11 is 0. The van der Waals surface area contributed by atoms with Crippen LogP contribution in [0.3, 0.4) is 0 Å². The maximum atomic E-state index is 10.9. The lowest BCUT2D eigenvalue weighted by atomic mass is 10.1. The Kier molecular flexibility index (Phi) is 3.73. The van der Waals surface area contributed by atoms with Crippen LogP contribution in [-0.4, -0.2) is 17.7 Å². The highest BCUT2D eigenvalue weighted by molar-refractivity contribution is 6.14. The lowest BCUT2D eigenvalue weighted by Crippen LogP contribution is -2.00. The van der Waals surface area contributed by atoms with Crippen molar-refractivity contribution in [3.8, 4) is 0 Å². The van der Waals surface area contributed by atoms with Crippen molar-refractivity contribution in [2.45, 2.75) is 6.92 Å². The van der Waals surface area contributed by atoms with Crippen molar-refractivity contribution < 1.29 is 14.6 Å². The quantitative estimate of drug-likeness (QED) is 0.587.